The number of halogens is 1. The highest BCUT2D eigenvalue weighted by Gasteiger charge is 2.14. The molecule has 1 aromatic rings. The highest BCUT2D eigenvalue weighted by atomic mass is 127. The maximum Gasteiger partial charge on any atom is 0.252 e. The van der Waals surface area contributed by atoms with Gasteiger partial charge in [-0.2, -0.15) is 0 Å². The van der Waals surface area contributed by atoms with Crippen LogP contribution in [0.2, 0.25) is 0 Å². The summed E-state index contributed by atoms with van der Waals surface area (Å²) in [6.45, 7) is 3.83. The Kier molecular flexibility index (Phi) is 5.35. The minimum Gasteiger partial charge on any atom is -0.392 e. The van der Waals surface area contributed by atoms with Gasteiger partial charge in [-0.3, -0.25) is 4.79 Å². The third kappa shape index (κ3) is 3.93. The average Bonchev–Trinajstić information content (AvgIpc) is 2.29. The summed E-state index contributed by atoms with van der Waals surface area (Å²) >= 11 is 2.15. The molecule has 0 fully saturated rings. The van der Waals surface area contributed by atoms with E-state index in [1.54, 1.807) is 13.0 Å². The molecule has 0 spiro atoms. The van der Waals surface area contributed by atoms with Crippen molar-refractivity contribution in [3.8, 4) is 0 Å². The van der Waals surface area contributed by atoms with Crippen molar-refractivity contribution in [3.05, 3.63) is 32.9 Å². The number of aliphatic hydroxyl groups is 1. The molecule has 0 radical (unpaired) electrons. The van der Waals surface area contributed by atoms with Crippen LogP contribution in [0.25, 0.3) is 0 Å². The first kappa shape index (κ1) is 14.4. The summed E-state index contributed by atoms with van der Waals surface area (Å²) in [5, 5.41) is 11.9. The van der Waals surface area contributed by atoms with E-state index in [-0.39, 0.29) is 12.5 Å². The zero-order valence-corrected chi connectivity index (χ0v) is 12.1. The van der Waals surface area contributed by atoms with Gasteiger partial charge >= 0.3 is 0 Å². The molecule has 0 heterocycles. The van der Waals surface area contributed by atoms with E-state index in [0.29, 0.717) is 5.56 Å². The van der Waals surface area contributed by atoms with Crippen LogP contribution in [0.4, 0.5) is 0 Å². The number of carbonyl (C=O) groups excluding carboxylic acids is 1. The third-order valence-corrected chi connectivity index (χ3v) is 3.99. The van der Waals surface area contributed by atoms with Gasteiger partial charge in [0.05, 0.1) is 11.7 Å². The molecule has 1 aromatic carbocycles. The summed E-state index contributed by atoms with van der Waals surface area (Å²) in [4.78, 5) is 11.9. The van der Waals surface area contributed by atoms with E-state index in [1.165, 1.54) is 0 Å². The number of nitrogens with one attached hydrogen (secondary N) is 1. The summed E-state index contributed by atoms with van der Waals surface area (Å²) in [6, 6.07) is 5.14. The third-order valence-electron chi connectivity index (χ3n) is 2.55. The summed E-state index contributed by atoms with van der Waals surface area (Å²) in [5.74, 6) is -0.158. The average molecular weight is 348 g/mol. The van der Waals surface area contributed by atoms with E-state index < -0.39 is 12.1 Å². The van der Waals surface area contributed by atoms with Gasteiger partial charge in [0.15, 0.2) is 0 Å². The van der Waals surface area contributed by atoms with Gasteiger partial charge in [0.1, 0.15) is 0 Å². The number of rotatable bonds is 4. The number of carbonyl (C=O) groups is 1. The van der Waals surface area contributed by atoms with Crippen LogP contribution in [0.1, 0.15) is 22.8 Å². The van der Waals surface area contributed by atoms with Crippen molar-refractivity contribution in [3.63, 3.8) is 0 Å². The Bertz CT molecular complexity index is 407. The van der Waals surface area contributed by atoms with Gasteiger partial charge < -0.3 is 16.2 Å². The molecule has 1 rings (SSSR count). The van der Waals surface area contributed by atoms with Crippen molar-refractivity contribution in [2.24, 2.45) is 5.73 Å². The minimum atomic E-state index is -0.633. The quantitative estimate of drug-likeness (QED) is 0.712. The standard InChI is InChI=1S/C12H17IN2O2/c1-7-4-3-5-9(11(7)13)12(17)15-6-10(14)8(2)16/h3-5,8,10,16H,6,14H2,1-2H3,(H,15,17). The van der Waals surface area contributed by atoms with E-state index in [2.05, 4.69) is 27.9 Å². The van der Waals surface area contributed by atoms with Gasteiger partial charge in [-0.1, -0.05) is 12.1 Å². The first-order valence-electron chi connectivity index (χ1n) is 5.40. The molecule has 94 valence electrons. The predicted octanol–water partition coefficient (Wildman–Crippen LogP) is 1.04. The normalized spacial score (nSPS) is 14.2. The molecule has 0 saturated carbocycles. The van der Waals surface area contributed by atoms with Crippen LogP contribution in [-0.4, -0.2) is 29.7 Å². The maximum absolute atomic E-state index is 11.9. The van der Waals surface area contributed by atoms with Crippen molar-refractivity contribution in [2.45, 2.75) is 26.0 Å². The fourth-order valence-corrected chi connectivity index (χ4v) is 1.90. The molecule has 0 aliphatic rings. The zero-order chi connectivity index (χ0) is 13.0. The van der Waals surface area contributed by atoms with Crippen molar-refractivity contribution in [1.29, 1.82) is 0 Å². The summed E-state index contributed by atoms with van der Waals surface area (Å²) in [7, 11) is 0. The van der Waals surface area contributed by atoms with Crippen LogP contribution in [0.5, 0.6) is 0 Å². The number of aliphatic hydroxyl groups excluding tert-OH is 1. The number of aryl methyl sites for hydroxylation is 1. The van der Waals surface area contributed by atoms with E-state index in [0.717, 1.165) is 9.13 Å². The van der Waals surface area contributed by atoms with Gasteiger partial charge in [-0.25, -0.2) is 0 Å². The van der Waals surface area contributed by atoms with E-state index in [4.69, 9.17) is 5.73 Å². The highest BCUT2D eigenvalue weighted by molar-refractivity contribution is 14.1. The molecule has 1 amide bonds. The molecule has 4 N–H and O–H groups in total. The zero-order valence-electron chi connectivity index (χ0n) is 9.90. The smallest absolute Gasteiger partial charge is 0.252 e. The van der Waals surface area contributed by atoms with Gasteiger partial charge in [-0.05, 0) is 48.1 Å². The minimum absolute atomic E-state index is 0.158. The number of hydrogen-bond acceptors (Lipinski definition) is 3. The molecule has 0 bridgehead atoms. The lowest BCUT2D eigenvalue weighted by Gasteiger charge is -2.15. The van der Waals surface area contributed by atoms with Crippen LogP contribution < -0.4 is 11.1 Å². The molecular formula is C12H17IN2O2. The van der Waals surface area contributed by atoms with Gasteiger partial charge in [0.25, 0.3) is 5.91 Å². The van der Waals surface area contributed by atoms with Gasteiger partial charge in [0, 0.05) is 16.2 Å². The second-order valence-corrected chi connectivity index (χ2v) is 5.13. The predicted molar refractivity (Wildman–Crippen MR) is 75.9 cm³/mol. The Hall–Kier alpha value is -0.660. The Morgan fingerprint density at radius 1 is 1.59 bits per heavy atom. The van der Waals surface area contributed by atoms with E-state index in [9.17, 15) is 9.90 Å². The van der Waals surface area contributed by atoms with Crippen molar-refractivity contribution in [2.75, 3.05) is 6.54 Å². The number of nitrogens with two attached hydrogens (primary N) is 1. The molecule has 4 nitrogen and oxygen atoms in total. The fourth-order valence-electron chi connectivity index (χ4n) is 1.30. The molecule has 2 unspecified atom stereocenters. The second-order valence-electron chi connectivity index (χ2n) is 4.05. The topological polar surface area (TPSA) is 75.4 Å². The second kappa shape index (κ2) is 6.32. The maximum atomic E-state index is 11.9. The number of hydrogen-bond donors (Lipinski definition) is 3. The lowest BCUT2D eigenvalue weighted by atomic mass is 10.1. The Labute approximate surface area is 115 Å². The Morgan fingerprint density at radius 3 is 2.82 bits per heavy atom. The van der Waals surface area contributed by atoms with Crippen LogP contribution in [-0.2, 0) is 0 Å². The Morgan fingerprint density at radius 2 is 2.24 bits per heavy atom. The molecular weight excluding hydrogens is 331 g/mol. The van der Waals surface area contributed by atoms with Crippen LogP contribution >= 0.6 is 22.6 Å². The lowest BCUT2D eigenvalue weighted by Crippen LogP contribution is -2.43. The molecule has 17 heavy (non-hydrogen) atoms. The molecule has 0 aliphatic heterocycles. The van der Waals surface area contributed by atoms with Crippen LogP contribution in [0.3, 0.4) is 0 Å². The Balaban J connectivity index is 2.68. The number of benzene rings is 1. The first-order chi connectivity index (χ1) is 7.93. The molecule has 0 aliphatic carbocycles. The summed E-state index contributed by atoms with van der Waals surface area (Å²) < 4.78 is 0.938. The largest absolute Gasteiger partial charge is 0.392 e. The van der Waals surface area contributed by atoms with Crippen molar-refractivity contribution >= 4 is 28.5 Å². The highest BCUT2D eigenvalue weighted by Crippen LogP contribution is 2.16. The van der Waals surface area contributed by atoms with Gasteiger partial charge in [0.2, 0.25) is 0 Å². The SMILES string of the molecule is Cc1cccc(C(=O)NCC(N)C(C)O)c1I. The fraction of sp³-hybridized carbons (Fsp3) is 0.417. The molecule has 0 saturated heterocycles. The van der Waals surface area contributed by atoms with E-state index >= 15 is 0 Å². The van der Waals surface area contributed by atoms with Crippen LogP contribution in [0.15, 0.2) is 18.2 Å². The van der Waals surface area contributed by atoms with Crippen molar-refractivity contribution in [1.82, 2.24) is 5.32 Å². The molecule has 0 aromatic heterocycles. The number of amides is 1. The van der Waals surface area contributed by atoms with Crippen molar-refractivity contribution < 1.29 is 9.90 Å². The lowest BCUT2D eigenvalue weighted by molar-refractivity contribution is 0.0936. The van der Waals surface area contributed by atoms with Crippen LogP contribution in [0, 0.1) is 10.5 Å². The van der Waals surface area contributed by atoms with Gasteiger partial charge in [-0.15, -0.1) is 0 Å². The summed E-state index contributed by atoms with van der Waals surface area (Å²) in [6.07, 6.45) is -0.633. The van der Waals surface area contributed by atoms with E-state index in [1.807, 2.05) is 19.1 Å². The molecule has 5 heteroatoms. The molecule has 2 atom stereocenters. The summed E-state index contributed by atoms with van der Waals surface area (Å²) in [5.41, 5.74) is 7.35. The first-order valence-corrected chi connectivity index (χ1v) is 6.48. The monoisotopic (exact) mass is 348 g/mol.